The summed E-state index contributed by atoms with van der Waals surface area (Å²) in [4.78, 5) is 11.6. The molecule has 0 fully saturated rings. The molecule has 3 nitrogen and oxygen atoms in total. The second-order valence-electron chi connectivity index (χ2n) is 4.16. The van der Waals surface area contributed by atoms with E-state index < -0.39 is 5.97 Å². The van der Waals surface area contributed by atoms with Crippen molar-refractivity contribution in [1.29, 1.82) is 0 Å². The molecule has 2 rings (SSSR count). The molecule has 0 aliphatic heterocycles. The number of nitrogens with zero attached hydrogens (tertiary/aromatic N) is 1. The highest BCUT2D eigenvalue weighted by Gasteiger charge is 2.06. The molecule has 0 unspecified atom stereocenters. The molecule has 2 aromatic carbocycles. The zero-order valence-corrected chi connectivity index (χ0v) is 11.4. The van der Waals surface area contributed by atoms with Crippen molar-refractivity contribution < 1.29 is 9.90 Å². The molecular weight excluding hydrogens is 258 g/mol. The van der Waals surface area contributed by atoms with E-state index in [1.807, 2.05) is 42.5 Å². The fourth-order valence-electron chi connectivity index (χ4n) is 1.74. The van der Waals surface area contributed by atoms with Gasteiger partial charge in [-0.3, -0.25) is 4.79 Å². The molecule has 0 atom stereocenters. The average Bonchev–Trinajstić information content (AvgIpc) is 2.39. The van der Waals surface area contributed by atoms with Crippen LogP contribution in [0, 0.1) is 0 Å². The number of hydrogen-bond acceptors (Lipinski definition) is 3. The number of rotatable bonds is 5. The zero-order chi connectivity index (χ0) is 13.7. The summed E-state index contributed by atoms with van der Waals surface area (Å²) < 4.78 is 1.69. The normalized spacial score (nSPS) is 10.6. The Balaban J connectivity index is 2.05. The van der Waals surface area contributed by atoms with Crippen molar-refractivity contribution >= 4 is 17.9 Å². The summed E-state index contributed by atoms with van der Waals surface area (Å²) in [7, 11) is 1.77. The fraction of sp³-hybridized carbons (Fsp3) is 0.133. The molecular formula is C15H15NO2S. The van der Waals surface area contributed by atoms with Crippen molar-refractivity contribution in [3.63, 3.8) is 0 Å². The molecule has 19 heavy (non-hydrogen) atoms. The molecule has 2 aromatic rings. The summed E-state index contributed by atoms with van der Waals surface area (Å²) in [6.45, 7) is 0.0190. The summed E-state index contributed by atoms with van der Waals surface area (Å²) in [5, 5.41) is 8.70. The summed E-state index contributed by atoms with van der Waals surface area (Å²) in [5.41, 5.74) is 2.34. The third-order valence-electron chi connectivity index (χ3n) is 2.58. The average molecular weight is 273 g/mol. The number of likely N-dealkylation sites (N-methyl/N-ethyl adjacent to an activating group) is 1. The zero-order valence-electron chi connectivity index (χ0n) is 10.6. The lowest BCUT2D eigenvalue weighted by Gasteiger charge is -2.12. The van der Waals surface area contributed by atoms with Crippen LogP contribution in [-0.4, -0.2) is 29.0 Å². The van der Waals surface area contributed by atoms with E-state index in [0.29, 0.717) is 0 Å². The van der Waals surface area contributed by atoms with E-state index in [2.05, 4.69) is 12.1 Å². The smallest absolute Gasteiger partial charge is 0.318 e. The molecule has 0 amide bonds. The molecule has 98 valence electrons. The van der Waals surface area contributed by atoms with Gasteiger partial charge in [0, 0.05) is 4.90 Å². The van der Waals surface area contributed by atoms with E-state index in [-0.39, 0.29) is 6.54 Å². The third-order valence-corrected chi connectivity index (χ3v) is 3.50. The Bertz CT molecular complexity index is 540. The summed E-state index contributed by atoms with van der Waals surface area (Å²) >= 11 is 1.43. The molecule has 0 radical (unpaired) electrons. The standard InChI is InChI=1S/C15H15NO2S/c1-16(11-15(17)18)19-14-9-7-13(8-10-14)12-5-3-2-4-6-12/h2-10H,11H2,1H3,(H,17,18). The van der Waals surface area contributed by atoms with E-state index in [0.717, 1.165) is 10.5 Å². The molecule has 0 aliphatic carbocycles. The first-order valence-corrected chi connectivity index (χ1v) is 6.69. The van der Waals surface area contributed by atoms with Gasteiger partial charge in [0.25, 0.3) is 0 Å². The van der Waals surface area contributed by atoms with Crippen molar-refractivity contribution in [2.45, 2.75) is 4.90 Å². The Morgan fingerprint density at radius 1 is 1.05 bits per heavy atom. The monoisotopic (exact) mass is 273 g/mol. The number of benzene rings is 2. The Morgan fingerprint density at radius 3 is 2.21 bits per heavy atom. The van der Waals surface area contributed by atoms with Gasteiger partial charge >= 0.3 is 5.97 Å². The first-order chi connectivity index (χ1) is 9.15. The molecule has 0 aliphatic rings. The van der Waals surface area contributed by atoms with Crippen molar-refractivity contribution in [1.82, 2.24) is 4.31 Å². The summed E-state index contributed by atoms with van der Waals surface area (Å²) in [6.07, 6.45) is 0. The molecule has 0 spiro atoms. The highest BCUT2D eigenvalue weighted by molar-refractivity contribution is 7.97. The quantitative estimate of drug-likeness (QED) is 0.848. The molecule has 0 saturated carbocycles. The van der Waals surface area contributed by atoms with Crippen LogP contribution in [0.2, 0.25) is 0 Å². The maximum Gasteiger partial charge on any atom is 0.318 e. The lowest BCUT2D eigenvalue weighted by Crippen LogP contribution is -2.18. The number of hydrogen-bond donors (Lipinski definition) is 1. The minimum absolute atomic E-state index is 0.0190. The molecule has 0 heterocycles. The first-order valence-electron chi connectivity index (χ1n) is 5.91. The second-order valence-corrected chi connectivity index (χ2v) is 5.44. The van der Waals surface area contributed by atoms with Crippen LogP contribution >= 0.6 is 11.9 Å². The summed E-state index contributed by atoms with van der Waals surface area (Å²) in [6, 6.07) is 18.3. The van der Waals surface area contributed by atoms with E-state index in [4.69, 9.17) is 5.11 Å². The van der Waals surface area contributed by atoms with Gasteiger partial charge in [0.15, 0.2) is 0 Å². The minimum Gasteiger partial charge on any atom is -0.480 e. The maximum atomic E-state index is 10.6. The minimum atomic E-state index is -0.823. The van der Waals surface area contributed by atoms with Gasteiger partial charge in [0.05, 0.1) is 0 Å². The van der Waals surface area contributed by atoms with Gasteiger partial charge in [-0.2, -0.15) is 0 Å². The van der Waals surface area contributed by atoms with Gasteiger partial charge < -0.3 is 5.11 Å². The van der Waals surface area contributed by atoms with Crippen molar-refractivity contribution in [3.05, 3.63) is 54.6 Å². The molecule has 1 N–H and O–H groups in total. The van der Waals surface area contributed by atoms with Gasteiger partial charge in [0.2, 0.25) is 0 Å². The van der Waals surface area contributed by atoms with Crippen LogP contribution in [-0.2, 0) is 4.79 Å². The number of carboxylic acids is 1. The van der Waals surface area contributed by atoms with Gasteiger partial charge in [-0.25, -0.2) is 4.31 Å². The van der Waals surface area contributed by atoms with Crippen molar-refractivity contribution in [3.8, 4) is 11.1 Å². The van der Waals surface area contributed by atoms with Gasteiger partial charge in [-0.05, 0) is 42.3 Å². The second kappa shape index (κ2) is 6.41. The highest BCUT2D eigenvalue weighted by Crippen LogP contribution is 2.25. The lowest BCUT2D eigenvalue weighted by atomic mass is 10.1. The van der Waals surface area contributed by atoms with Gasteiger partial charge in [-0.1, -0.05) is 42.5 Å². The topological polar surface area (TPSA) is 40.5 Å². The molecule has 0 aromatic heterocycles. The van der Waals surface area contributed by atoms with Crippen LogP contribution in [0.1, 0.15) is 0 Å². The SMILES string of the molecule is CN(CC(=O)O)Sc1ccc(-c2ccccc2)cc1. The van der Waals surface area contributed by atoms with E-state index >= 15 is 0 Å². The molecule has 4 heteroatoms. The van der Waals surface area contributed by atoms with Crippen LogP contribution in [0.15, 0.2) is 59.5 Å². The molecule has 0 saturated heterocycles. The number of aliphatic carboxylic acids is 1. The van der Waals surface area contributed by atoms with Crippen LogP contribution < -0.4 is 0 Å². The molecule has 0 bridgehead atoms. The van der Waals surface area contributed by atoms with Crippen molar-refractivity contribution in [2.24, 2.45) is 0 Å². The Labute approximate surface area is 117 Å². The lowest BCUT2D eigenvalue weighted by molar-refractivity contribution is -0.136. The van der Waals surface area contributed by atoms with E-state index in [1.54, 1.807) is 11.4 Å². The van der Waals surface area contributed by atoms with Crippen molar-refractivity contribution in [2.75, 3.05) is 13.6 Å². The van der Waals surface area contributed by atoms with E-state index in [9.17, 15) is 4.79 Å². The fourth-order valence-corrected chi connectivity index (χ4v) is 2.53. The Hall–Kier alpha value is -1.78. The predicted molar refractivity (Wildman–Crippen MR) is 78.0 cm³/mol. The largest absolute Gasteiger partial charge is 0.480 e. The number of carboxylic acid groups (broad SMARTS) is 1. The van der Waals surface area contributed by atoms with Crippen LogP contribution in [0.5, 0.6) is 0 Å². The van der Waals surface area contributed by atoms with Crippen LogP contribution in [0.4, 0.5) is 0 Å². The first kappa shape index (κ1) is 13.6. The maximum absolute atomic E-state index is 10.6. The van der Waals surface area contributed by atoms with Crippen LogP contribution in [0.3, 0.4) is 0 Å². The van der Waals surface area contributed by atoms with Crippen LogP contribution in [0.25, 0.3) is 11.1 Å². The Kier molecular flexibility index (Phi) is 4.60. The third kappa shape index (κ3) is 4.12. The van der Waals surface area contributed by atoms with Gasteiger partial charge in [0.1, 0.15) is 6.54 Å². The van der Waals surface area contributed by atoms with E-state index in [1.165, 1.54) is 17.5 Å². The summed E-state index contributed by atoms with van der Waals surface area (Å²) in [5.74, 6) is -0.823. The predicted octanol–water partition coefficient (Wildman–Crippen LogP) is 3.38. The Morgan fingerprint density at radius 2 is 1.63 bits per heavy atom. The highest BCUT2D eigenvalue weighted by atomic mass is 32.2. The number of carbonyl (C=O) groups is 1. The van der Waals surface area contributed by atoms with Gasteiger partial charge in [-0.15, -0.1) is 0 Å².